The number of carbonyl (C=O) groups excluding carboxylic acids is 1. The van der Waals surface area contributed by atoms with Crippen LogP contribution < -0.4 is 15.5 Å². The number of piperidine rings is 1. The fourth-order valence-corrected chi connectivity index (χ4v) is 4.56. The van der Waals surface area contributed by atoms with E-state index in [4.69, 9.17) is 14.9 Å². The van der Waals surface area contributed by atoms with Crippen molar-refractivity contribution in [2.24, 2.45) is 5.73 Å². The number of ether oxygens (including phenoxy) is 1. The van der Waals surface area contributed by atoms with Gasteiger partial charge >= 0.3 is 0 Å². The van der Waals surface area contributed by atoms with Crippen LogP contribution in [0.3, 0.4) is 0 Å². The molecule has 174 valence electrons. The molecule has 0 atom stereocenters. The molecule has 2 aromatic heterocycles. The number of H-pyrrole nitrogens is 1. The topological polar surface area (TPSA) is 121 Å². The highest BCUT2D eigenvalue weighted by Crippen LogP contribution is 2.41. The van der Waals surface area contributed by atoms with Gasteiger partial charge in [-0.05, 0) is 38.0 Å². The van der Waals surface area contributed by atoms with Gasteiger partial charge in [-0.1, -0.05) is 6.07 Å². The van der Waals surface area contributed by atoms with Crippen molar-refractivity contribution < 1.29 is 19.1 Å². The van der Waals surface area contributed by atoms with E-state index < -0.39 is 11.5 Å². The van der Waals surface area contributed by atoms with Crippen molar-refractivity contribution in [3.63, 3.8) is 0 Å². The number of nitrogens with one attached hydrogen (secondary N) is 1. The van der Waals surface area contributed by atoms with Crippen molar-refractivity contribution in [1.82, 2.24) is 10.2 Å². The predicted octanol–water partition coefficient (Wildman–Crippen LogP) is 2.62. The summed E-state index contributed by atoms with van der Waals surface area (Å²) in [5, 5.41) is 17.2. The Bertz CT molecular complexity index is 1120. The van der Waals surface area contributed by atoms with Crippen molar-refractivity contribution in [3.05, 3.63) is 42.4 Å². The monoisotopic (exact) mass is 451 g/mol. The summed E-state index contributed by atoms with van der Waals surface area (Å²) in [5.74, 6) is 0.0254. The number of aliphatic hydroxyl groups is 1. The number of nitrogens with two attached hydrogens (primary N) is 1. The van der Waals surface area contributed by atoms with E-state index in [2.05, 4.69) is 32.1 Å². The second-order valence-electron chi connectivity index (χ2n) is 8.99. The number of aromatic nitrogens is 2. The van der Waals surface area contributed by atoms with E-state index in [1.54, 1.807) is 12.4 Å². The second kappa shape index (κ2) is 8.57. The van der Waals surface area contributed by atoms with Crippen LogP contribution in [-0.4, -0.2) is 66.2 Å². The quantitative estimate of drug-likeness (QED) is 0.545. The number of carbonyl (C=O) groups is 1. The zero-order valence-electron chi connectivity index (χ0n) is 18.7. The fraction of sp³-hybridized carbons (Fsp3) is 0.417. The number of nitrogens with zero attached hydrogens (tertiary/aromatic N) is 3. The summed E-state index contributed by atoms with van der Waals surface area (Å²) in [6.45, 7) is 6.37. The van der Waals surface area contributed by atoms with Crippen LogP contribution in [0.5, 0.6) is 0 Å². The van der Waals surface area contributed by atoms with Gasteiger partial charge in [-0.15, -0.1) is 0 Å². The van der Waals surface area contributed by atoms with E-state index in [-0.39, 0.29) is 5.76 Å². The van der Waals surface area contributed by atoms with Gasteiger partial charge in [-0.25, -0.2) is 0 Å². The molecule has 2 fully saturated rings. The Hall–Kier alpha value is -3.30. The van der Waals surface area contributed by atoms with Gasteiger partial charge in [0.05, 0.1) is 30.6 Å². The molecule has 0 radical (unpaired) electrons. The highest BCUT2D eigenvalue weighted by Gasteiger charge is 2.30. The fourth-order valence-electron chi connectivity index (χ4n) is 4.56. The summed E-state index contributed by atoms with van der Waals surface area (Å²) in [6.07, 6.45) is 4.69. The van der Waals surface area contributed by atoms with Crippen molar-refractivity contribution >= 4 is 17.3 Å². The number of aromatic amines is 1. The molecule has 0 bridgehead atoms. The second-order valence-corrected chi connectivity index (χ2v) is 8.99. The lowest BCUT2D eigenvalue weighted by atomic mass is 9.92. The van der Waals surface area contributed by atoms with Gasteiger partial charge in [0.1, 0.15) is 5.76 Å². The molecule has 0 unspecified atom stereocenters. The molecule has 2 aliphatic heterocycles. The molecule has 4 heterocycles. The van der Waals surface area contributed by atoms with Crippen LogP contribution in [0.2, 0.25) is 0 Å². The normalized spacial score (nSPS) is 18.5. The Kier molecular flexibility index (Phi) is 5.59. The third-order valence-corrected chi connectivity index (χ3v) is 6.57. The van der Waals surface area contributed by atoms with Gasteiger partial charge in [0, 0.05) is 54.9 Å². The van der Waals surface area contributed by atoms with E-state index in [1.807, 2.05) is 19.1 Å². The minimum atomic E-state index is -0.666. The Morgan fingerprint density at radius 2 is 1.88 bits per heavy atom. The molecule has 5 rings (SSSR count). The zero-order chi connectivity index (χ0) is 23.0. The highest BCUT2D eigenvalue weighted by molar-refractivity contribution is 6.00. The third kappa shape index (κ3) is 4.34. The average molecular weight is 452 g/mol. The molecule has 0 aliphatic carbocycles. The Morgan fingerprint density at radius 3 is 2.55 bits per heavy atom. The number of rotatable bonds is 5. The smallest absolute Gasteiger partial charge is 0.285 e. The summed E-state index contributed by atoms with van der Waals surface area (Å²) < 4.78 is 11.4. The molecule has 2 saturated heterocycles. The van der Waals surface area contributed by atoms with E-state index in [0.717, 1.165) is 35.6 Å². The first-order valence-corrected chi connectivity index (χ1v) is 11.3. The van der Waals surface area contributed by atoms with Crippen molar-refractivity contribution in [2.75, 3.05) is 49.2 Å². The maximum absolute atomic E-state index is 12.3. The van der Waals surface area contributed by atoms with E-state index in [9.17, 15) is 9.90 Å². The third-order valence-electron chi connectivity index (χ3n) is 6.57. The Labute approximate surface area is 192 Å². The van der Waals surface area contributed by atoms with Gasteiger partial charge in [0.2, 0.25) is 0 Å². The minimum absolute atomic E-state index is 0.121. The van der Waals surface area contributed by atoms with Crippen LogP contribution in [0.25, 0.3) is 22.5 Å². The number of morpholine rings is 1. The highest BCUT2D eigenvalue weighted by atomic mass is 16.5. The molecule has 1 amide bonds. The molecule has 0 spiro atoms. The Balaban J connectivity index is 1.60. The molecule has 2 aliphatic rings. The van der Waals surface area contributed by atoms with Crippen LogP contribution in [0.4, 0.5) is 11.4 Å². The van der Waals surface area contributed by atoms with Crippen molar-refractivity contribution in [3.8, 4) is 22.5 Å². The van der Waals surface area contributed by atoms with Crippen LogP contribution in [0, 0.1) is 0 Å². The lowest BCUT2D eigenvalue weighted by molar-refractivity contribution is 0.0351. The van der Waals surface area contributed by atoms with Crippen LogP contribution in [0.15, 0.2) is 41.1 Å². The van der Waals surface area contributed by atoms with E-state index in [0.29, 0.717) is 50.5 Å². The first-order chi connectivity index (χ1) is 15.9. The first kappa shape index (κ1) is 21.5. The van der Waals surface area contributed by atoms with Gasteiger partial charge < -0.3 is 29.8 Å². The van der Waals surface area contributed by atoms with Crippen LogP contribution in [-0.2, 0) is 4.74 Å². The molecule has 33 heavy (non-hydrogen) atoms. The maximum atomic E-state index is 12.3. The molecular formula is C24H29N5O4. The zero-order valence-corrected chi connectivity index (χ0v) is 18.7. The number of amides is 1. The van der Waals surface area contributed by atoms with Crippen LogP contribution in [0.1, 0.15) is 30.3 Å². The molecular weight excluding hydrogens is 422 g/mol. The number of furan rings is 1. The first-order valence-electron chi connectivity index (χ1n) is 11.3. The molecule has 4 N–H and O–H groups in total. The standard InChI is InChI=1S/C24H29N5O4/c1-24(31)4-6-29(7-5-24)20-12-17(28-8-10-32-11-9-28)2-3-18(20)19-13-21(16-14-26-27-15-16)33-22(19)23(25)30/h2-3,12-15,31H,4-11H2,1H3,(H2,25,30)(H,26,27). The number of primary amides is 1. The van der Waals surface area contributed by atoms with Gasteiger partial charge in [0.25, 0.3) is 5.91 Å². The molecule has 3 aromatic rings. The number of anilines is 2. The summed E-state index contributed by atoms with van der Waals surface area (Å²) in [4.78, 5) is 16.9. The van der Waals surface area contributed by atoms with Crippen LogP contribution >= 0.6 is 0 Å². The van der Waals surface area contributed by atoms with Gasteiger partial charge in [-0.2, -0.15) is 5.10 Å². The molecule has 9 heteroatoms. The average Bonchev–Trinajstić information content (AvgIpc) is 3.50. The number of hydrogen-bond acceptors (Lipinski definition) is 7. The summed E-state index contributed by atoms with van der Waals surface area (Å²) in [5.41, 5.74) is 9.41. The summed E-state index contributed by atoms with van der Waals surface area (Å²) >= 11 is 0. The van der Waals surface area contributed by atoms with Crippen molar-refractivity contribution in [2.45, 2.75) is 25.4 Å². The summed E-state index contributed by atoms with van der Waals surface area (Å²) in [7, 11) is 0. The largest absolute Gasteiger partial charge is 0.450 e. The Morgan fingerprint density at radius 1 is 1.12 bits per heavy atom. The lowest BCUT2D eigenvalue weighted by Gasteiger charge is -2.38. The van der Waals surface area contributed by atoms with Gasteiger partial charge in [-0.3, -0.25) is 9.89 Å². The SMILES string of the molecule is CC1(O)CCN(c2cc(N3CCOCC3)ccc2-c2cc(-c3cn[nH]c3)oc2C(N)=O)CC1. The van der Waals surface area contributed by atoms with E-state index >= 15 is 0 Å². The number of benzene rings is 1. The maximum Gasteiger partial charge on any atom is 0.285 e. The molecule has 0 saturated carbocycles. The molecule has 9 nitrogen and oxygen atoms in total. The van der Waals surface area contributed by atoms with Gasteiger partial charge in [0.15, 0.2) is 5.76 Å². The number of hydrogen-bond donors (Lipinski definition) is 3. The lowest BCUT2D eigenvalue weighted by Crippen LogP contribution is -2.42. The van der Waals surface area contributed by atoms with Crippen molar-refractivity contribution in [1.29, 1.82) is 0 Å². The predicted molar refractivity (Wildman–Crippen MR) is 125 cm³/mol. The minimum Gasteiger partial charge on any atom is -0.450 e. The molecule has 1 aromatic carbocycles. The summed E-state index contributed by atoms with van der Waals surface area (Å²) in [6, 6.07) is 8.11. The van der Waals surface area contributed by atoms with E-state index in [1.165, 1.54) is 0 Å².